The van der Waals surface area contributed by atoms with Gasteiger partial charge in [-0.15, -0.1) is 11.8 Å². The molecule has 188 valence electrons. The van der Waals surface area contributed by atoms with Crippen LogP contribution in [0.15, 0.2) is 53.8 Å². The van der Waals surface area contributed by atoms with Gasteiger partial charge in [0.2, 0.25) is 0 Å². The van der Waals surface area contributed by atoms with Crippen LogP contribution >= 0.6 is 23.4 Å². The molecule has 1 unspecified atom stereocenters. The summed E-state index contributed by atoms with van der Waals surface area (Å²) in [5, 5.41) is 11.3. The third-order valence-electron chi connectivity index (χ3n) is 7.10. The molecule has 4 rings (SSSR count). The molecular weight excluding hydrogens is 485 g/mol. The molecule has 0 spiro atoms. The Morgan fingerprint density at radius 3 is 2.71 bits per heavy atom. The monoisotopic (exact) mass is 517 g/mol. The summed E-state index contributed by atoms with van der Waals surface area (Å²) in [6.45, 7) is 3.01. The Labute approximate surface area is 216 Å². The summed E-state index contributed by atoms with van der Waals surface area (Å²) < 4.78 is 20.9. The average molecular weight is 518 g/mol. The number of hydrogen-bond acceptors (Lipinski definition) is 6. The number of rotatable bonds is 11. The Kier molecular flexibility index (Phi) is 9.22. The second kappa shape index (κ2) is 12.3. The van der Waals surface area contributed by atoms with Gasteiger partial charge in [0.1, 0.15) is 11.9 Å². The van der Waals surface area contributed by atoms with Crippen LogP contribution in [0.1, 0.15) is 43.8 Å². The molecule has 2 aromatic heterocycles. The summed E-state index contributed by atoms with van der Waals surface area (Å²) in [5.41, 5.74) is 0.924. The van der Waals surface area contributed by atoms with Crippen molar-refractivity contribution in [1.29, 1.82) is 0 Å². The number of piperidine rings is 1. The number of aliphatic hydroxyl groups is 1. The van der Waals surface area contributed by atoms with E-state index in [1.165, 1.54) is 11.1 Å². The van der Waals surface area contributed by atoms with E-state index in [1.807, 2.05) is 48.4 Å². The van der Waals surface area contributed by atoms with Crippen LogP contribution < -0.4 is 4.74 Å². The molecule has 1 fully saturated rings. The van der Waals surface area contributed by atoms with Crippen LogP contribution in [0.4, 0.5) is 4.39 Å². The highest BCUT2D eigenvalue weighted by atomic mass is 35.5. The van der Waals surface area contributed by atoms with Gasteiger partial charge in [-0.25, -0.2) is 4.39 Å². The maximum Gasteiger partial charge on any atom is 0.127 e. The predicted molar refractivity (Wildman–Crippen MR) is 141 cm³/mol. The maximum absolute atomic E-state index is 15.6. The largest absolute Gasteiger partial charge is 0.497 e. The van der Waals surface area contributed by atoms with Crippen LogP contribution in [0, 0.1) is 5.41 Å². The Morgan fingerprint density at radius 1 is 1.23 bits per heavy atom. The topological polar surface area (TPSA) is 58.5 Å². The number of aliphatic hydroxyl groups excluding tert-OH is 1. The zero-order chi connectivity index (χ0) is 24.7. The number of alkyl halides is 1. The summed E-state index contributed by atoms with van der Waals surface area (Å²) in [7, 11) is 1.59. The van der Waals surface area contributed by atoms with Gasteiger partial charge in [-0.3, -0.25) is 9.97 Å². The van der Waals surface area contributed by atoms with Gasteiger partial charge in [0.05, 0.1) is 17.6 Å². The number of likely N-dealkylation sites (tertiary alicyclic amines) is 1. The number of aromatic nitrogens is 2. The molecule has 5 nitrogen and oxygen atoms in total. The van der Waals surface area contributed by atoms with Crippen LogP contribution in [-0.2, 0) is 0 Å². The lowest BCUT2D eigenvalue weighted by Crippen LogP contribution is -2.42. The highest BCUT2D eigenvalue weighted by Gasteiger charge is 2.35. The molecule has 1 aromatic carbocycles. The van der Waals surface area contributed by atoms with E-state index in [2.05, 4.69) is 14.9 Å². The number of halogens is 2. The summed E-state index contributed by atoms with van der Waals surface area (Å²) >= 11 is 8.25. The van der Waals surface area contributed by atoms with Crippen molar-refractivity contribution in [3.8, 4) is 5.75 Å². The fourth-order valence-electron chi connectivity index (χ4n) is 4.84. The zero-order valence-corrected chi connectivity index (χ0v) is 21.7. The normalized spacial score (nSPS) is 16.9. The minimum atomic E-state index is -1.23. The molecule has 3 heterocycles. The number of fused-ring (bicyclic) bond motifs is 1. The molecule has 0 radical (unpaired) electrons. The van der Waals surface area contributed by atoms with E-state index < -0.39 is 6.17 Å². The Bertz CT molecular complexity index is 1100. The van der Waals surface area contributed by atoms with Gasteiger partial charge in [0.15, 0.2) is 0 Å². The average Bonchev–Trinajstić information content (AvgIpc) is 2.90. The lowest BCUT2D eigenvalue weighted by Gasteiger charge is -2.41. The lowest BCUT2D eigenvalue weighted by atomic mass is 9.74. The van der Waals surface area contributed by atoms with Gasteiger partial charge in [0.25, 0.3) is 0 Å². The standard InChI is InChI=1S/C27H33ClFN3O2S/c1-34-20-3-4-25-22(17-20)26(23(28)18-31-25)24(29)5-8-27(19-33)9-14-32(15-10-27)13-2-16-35-21-6-11-30-12-7-21/h3-4,6-7,11-12,17-18,24,33H,2,5,8-10,13-16,19H2,1H3. The van der Waals surface area contributed by atoms with Crippen molar-refractivity contribution in [3.05, 3.63) is 59.5 Å². The highest BCUT2D eigenvalue weighted by molar-refractivity contribution is 7.99. The maximum atomic E-state index is 15.6. The molecule has 35 heavy (non-hydrogen) atoms. The SMILES string of the molecule is COc1ccc2ncc(Cl)c(C(F)CCC3(CO)CCN(CCCSc4ccncc4)CC3)c2c1. The van der Waals surface area contributed by atoms with E-state index in [4.69, 9.17) is 16.3 Å². The van der Waals surface area contributed by atoms with E-state index >= 15 is 4.39 Å². The predicted octanol–water partition coefficient (Wildman–Crippen LogP) is 6.34. The van der Waals surface area contributed by atoms with E-state index in [0.29, 0.717) is 40.1 Å². The summed E-state index contributed by atoms with van der Waals surface area (Å²) in [6, 6.07) is 9.51. The molecule has 1 N–H and O–H groups in total. The molecule has 8 heteroatoms. The molecular formula is C27H33ClFN3O2S. The van der Waals surface area contributed by atoms with E-state index in [-0.39, 0.29) is 12.0 Å². The molecule has 1 saturated heterocycles. The summed E-state index contributed by atoms with van der Waals surface area (Å²) in [5.74, 6) is 1.72. The van der Waals surface area contributed by atoms with Crippen molar-refractivity contribution in [2.75, 3.05) is 39.1 Å². The third-order valence-corrected chi connectivity index (χ3v) is 8.50. The van der Waals surface area contributed by atoms with Crippen LogP contribution in [0.25, 0.3) is 10.9 Å². The fourth-order valence-corrected chi connectivity index (χ4v) is 5.93. The second-order valence-electron chi connectivity index (χ2n) is 9.29. The van der Waals surface area contributed by atoms with Crippen molar-refractivity contribution in [3.63, 3.8) is 0 Å². The Balaban J connectivity index is 1.30. The van der Waals surface area contributed by atoms with Crippen LogP contribution in [0.3, 0.4) is 0 Å². The summed E-state index contributed by atoms with van der Waals surface area (Å²) in [6.07, 6.45) is 7.76. The number of hydrogen-bond donors (Lipinski definition) is 1. The molecule has 0 aliphatic carbocycles. The fraction of sp³-hybridized carbons (Fsp3) is 0.481. The second-order valence-corrected chi connectivity index (χ2v) is 10.9. The third kappa shape index (κ3) is 6.64. The van der Waals surface area contributed by atoms with Crippen molar-refractivity contribution in [1.82, 2.24) is 14.9 Å². The molecule has 0 saturated carbocycles. The van der Waals surface area contributed by atoms with Crippen molar-refractivity contribution in [2.45, 2.75) is 43.2 Å². The molecule has 1 aliphatic rings. The summed E-state index contributed by atoms with van der Waals surface area (Å²) in [4.78, 5) is 12.1. The van der Waals surface area contributed by atoms with E-state index in [9.17, 15) is 5.11 Å². The van der Waals surface area contributed by atoms with Crippen LogP contribution in [-0.4, -0.2) is 59.1 Å². The Hall–Kier alpha value is -1.93. The molecule has 0 amide bonds. The van der Waals surface area contributed by atoms with Gasteiger partial charge in [0, 0.05) is 41.0 Å². The van der Waals surface area contributed by atoms with Gasteiger partial charge < -0.3 is 14.7 Å². The van der Waals surface area contributed by atoms with Crippen molar-refractivity contribution >= 4 is 34.3 Å². The minimum Gasteiger partial charge on any atom is -0.497 e. The lowest BCUT2D eigenvalue weighted by molar-refractivity contribution is 0.0304. The van der Waals surface area contributed by atoms with Crippen molar-refractivity contribution in [2.24, 2.45) is 5.41 Å². The minimum absolute atomic E-state index is 0.0874. The quantitative estimate of drug-likeness (QED) is 0.236. The smallest absolute Gasteiger partial charge is 0.127 e. The van der Waals surface area contributed by atoms with Crippen LogP contribution in [0.5, 0.6) is 5.75 Å². The number of pyridine rings is 2. The molecule has 1 atom stereocenters. The highest BCUT2D eigenvalue weighted by Crippen LogP contribution is 2.42. The zero-order valence-electron chi connectivity index (χ0n) is 20.1. The molecule has 1 aliphatic heterocycles. The van der Waals surface area contributed by atoms with E-state index in [1.54, 1.807) is 13.2 Å². The molecule has 3 aromatic rings. The first kappa shape index (κ1) is 26.1. The van der Waals surface area contributed by atoms with Gasteiger partial charge >= 0.3 is 0 Å². The Morgan fingerprint density at radius 2 is 2.00 bits per heavy atom. The number of methoxy groups -OCH3 is 1. The number of thioether (sulfide) groups is 1. The van der Waals surface area contributed by atoms with Gasteiger partial charge in [-0.1, -0.05) is 11.6 Å². The van der Waals surface area contributed by atoms with Gasteiger partial charge in [-0.2, -0.15) is 0 Å². The van der Waals surface area contributed by atoms with E-state index in [0.717, 1.165) is 44.6 Å². The first-order chi connectivity index (χ1) is 17.0. The number of benzene rings is 1. The number of ether oxygens (including phenoxy) is 1. The number of nitrogens with zero attached hydrogens (tertiary/aromatic N) is 3. The van der Waals surface area contributed by atoms with Crippen LogP contribution in [0.2, 0.25) is 5.02 Å². The first-order valence-corrected chi connectivity index (χ1v) is 13.5. The van der Waals surface area contributed by atoms with Crippen molar-refractivity contribution < 1.29 is 14.2 Å². The molecule has 0 bridgehead atoms. The van der Waals surface area contributed by atoms with Gasteiger partial charge in [-0.05, 0) is 93.2 Å². The first-order valence-electron chi connectivity index (χ1n) is 12.2.